The molecule has 0 bridgehead atoms. The van der Waals surface area contributed by atoms with Crippen molar-refractivity contribution in [3.8, 4) is 17.4 Å². The summed E-state index contributed by atoms with van der Waals surface area (Å²) in [6, 6.07) is 13.7. The second kappa shape index (κ2) is 8.66. The number of halogens is 5. The van der Waals surface area contributed by atoms with Crippen molar-refractivity contribution in [3.05, 3.63) is 81.5 Å². The van der Waals surface area contributed by atoms with E-state index in [4.69, 9.17) is 27.6 Å². The predicted molar refractivity (Wildman–Crippen MR) is 108 cm³/mol. The number of furan rings is 1. The molecule has 0 aliphatic heterocycles. The molecule has 1 aromatic heterocycles. The molecule has 0 fully saturated rings. The molecule has 1 amide bonds. The summed E-state index contributed by atoms with van der Waals surface area (Å²) in [5.41, 5.74) is -0.847. The van der Waals surface area contributed by atoms with Crippen molar-refractivity contribution in [3.63, 3.8) is 0 Å². The SMILES string of the molecule is N#C/C(=C/c1ccc(-c2cc(Cl)ccc2Cl)o1)C(=O)Nc1cccc(C(F)(F)F)c1. The number of nitrogens with zero attached hydrogens (tertiary/aromatic N) is 1. The van der Waals surface area contributed by atoms with E-state index in [-0.39, 0.29) is 17.0 Å². The van der Waals surface area contributed by atoms with E-state index < -0.39 is 17.6 Å². The highest BCUT2D eigenvalue weighted by Gasteiger charge is 2.30. The summed E-state index contributed by atoms with van der Waals surface area (Å²) >= 11 is 12.1. The lowest BCUT2D eigenvalue weighted by atomic mass is 10.1. The standard InChI is InChI=1S/C21H11Cl2F3N2O2/c22-14-4-6-18(23)17(10-14)19-7-5-16(30-19)8-12(11-27)20(29)28-15-3-1-2-13(9-15)21(24,25)26/h1-10H,(H,28,29)/b12-8-. The zero-order valence-electron chi connectivity index (χ0n) is 14.9. The molecule has 4 nitrogen and oxygen atoms in total. The summed E-state index contributed by atoms with van der Waals surface area (Å²) in [7, 11) is 0. The first kappa shape index (κ1) is 21.5. The maximum absolute atomic E-state index is 12.8. The first-order chi connectivity index (χ1) is 14.2. The maximum atomic E-state index is 12.8. The van der Waals surface area contributed by atoms with Gasteiger partial charge in [-0.3, -0.25) is 4.79 Å². The van der Waals surface area contributed by atoms with Crippen LogP contribution in [0.15, 0.2) is 64.6 Å². The summed E-state index contributed by atoms with van der Waals surface area (Å²) in [5.74, 6) is -0.336. The summed E-state index contributed by atoms with van der Waals surface area (Å²) in [5, 5.41) is 12.4. The summed E-state index contributed by atoms with van der Waals surface area (Å²) in [4.78, 5) is 12.3. The first-order valence-corrected chi connectivity index (χ1v) is 9.08. The van der Waals surface area contributed by atoms with Crippen LogP contribution in [0.1, 0.15) is 11.3 Å². The highest BCUT2D eigenvalue weighted by Crippen LogP contribution is 2.33. The molecular weight excluding hydrogens is 440 g/mol. The zero-order chi connectivity index (χ0) is 21.9. The van der Waals surface area contributed by atoms with E-state index in [2.05, 4.69) is 5.32 Å². The molecule has 0 saturated carbocycles. The van der Waals surface area contributed by atoms with Gasteiger partial charge in [0.05, 0.1) is 10.6 Å². The molecule has 0 aliphatic rings. The number of hydrogen-bond donors (Lipinski definition) is 1. The molecule has 0 unspecified atom stereocenters. The number of amides is 1. The fourth-order valence-electron chi connectivity index (χ4n) is 2.52. The number of carbonyl (C=O) groups is 1. The van der Waals surface area contributed by atoms with Crippen LogP contribution in [0, 0.1) is 11.3 Å². The third kappa shape index (κ3) is 5.03. The van der Waals surface area contributed by atoms with Gasteiger partial charge in [0.1, 0.15) is 23.2 Å². The van der Waals surface area contributed by atoms with Crippen LogP contribution in [0.5, 0.6) is 0 Å². The van der Waals surface area contributed by atoms with Gasteiger partial charge in [-0.2, -0.15) is 18.4 Å². The Morgan fingerprint density at radius 2 is 1.87 bits per heavy atom. The van der Waals surface area contributed by atoms with Gasteiger partial charge >= 0.3 is 6.18 Å². The minimum Gasteiger partial charge on any atom is -0.457 e. The van der Waals surface area contributed by atoms with Crippen LogP contribution in [-0.2, 0) is 11.0 Å². The fraction of sp³-hybridized carbons (Fsp3) is 0.0476. The van der Waals surface area contributed by atoms with Gasteiger partial charge < -0.3 is 9.73 Å². The number of rotatable bonds is 4. The largest absolute Gasteiger partial charge is 0.457 e. The summed E-state index contributed by atoms with van der Waals surface area (Å²) < 4.78 is 44.0. The molecule has 1 N–H and O–H groups in total. The van der Waals surface area contributed by atoms with Crippen LogP contribution in [0.2, 0.25) is 10.0 Å². The van der Waals surface area contributed by atoms with E-state index >= 15 is 0 Å². The van der Waals surface area contributed by atoms with Gasteiger partial charge in [0, 0.05) is 22.3 Å². The number of alkyl halides is 3. The fourth-order valence-corrected chi connectivity index (χ4v) is 2.91. The predicted octanol–water partition coefficient (Wildman–Crippen LogP) is 6.82. The molecule has 152 valence electrons. The number of anilines is 1. The minimum absolute atomic E-state index is 0.0955. The number of nitriles is 1. The average Bonchev–Trinajstić information content (AvgIpc) is 3.16. The second-order valence-corrected chi connectivity index (χ2v) is 6.87. The van der Waals surface area contributed by atoms with E-state index in [1.54, 1.807) is 30.3 Å². The molecule has 30 heavy (non-hydrogen) atoms. The Kier molecular flexibility index (Phi) is 6.20. The van der Waals surface area contributed by atoms with Crippen LogP contribution >= 0.6 is 23.2 Å². The van der Waals surface area contributed by atoms with E-state index in [0.29, 0.717) is 21.4 Å². The van der Waals surface area contributed by atoms with Gasteiger partial charge in [0.15, 0.2) is 0 Å². The highest BCUT2D eigenvalue weighted by molar-refractivity contribution is 6.35. The van der Waals surface area contributed by atoms with Crippen molar-refractivity contribution in [2.75, 3.05) is 5.32 Å². The van der Waals surface area contributed by atoms with Gasteiger partial charge in [-0.1, -0.05) is 29.3 Å². The summed E-state index contributed by atoms with van der Waals surface area (Å²) in [6.07, 6.45) is -3.38. The lowest BCUT2D eigenvalue weighted by molar-refractivity contribution is -0.137. The number of carbonyl (C=O) groups excluding carboxylic acids is 1. The van der Waals surface area contributed by atoms with Gasteiger partial charge in [0.25, 0.3) is 5.91 Å². The van der Waals surface area contributed by atoms with Crippen LogP contribution in [-0.4, -0.2) is 5.91 Å². The normalized spacial score (nSPS) is 11.8. The topological polar surface area (TPSA) is 66.0 Å². The quantitative estimate of drug-likeness (QED) is 0.350. The molecular formula is C21H11Cl2F3N2O2. The molecule has 0 saturated heterocycles. The molecule has 0 spiro atoms. The lowest BCUT2D eigenvalue weighted by Crippen LogP contribution is -2.14. The van der Waals surface area contributed by atoms with Crippen molar-refractivity contribution in [2.24, 2.45) is 0 Å². The average molecular weight is 451 g/mol. The van der Waals surface area contributed by atoms with Crippen LogP contribution in [0.4, 0.5) is 18.9 Å². The van der Waals surface area contributed by atoms with Crippen molar-refractivity contribution in [1.29, 1.82) is 5.26 Å². The highest BCUT2D eigenvalue weighted by atomic mass is 35.5. The smallest absolute Gasteiger partial charge is 0.416 e. The Morgan fingerprint density at radius 1 is 1.10 bits per heavy atom. The number of hydrogen-bond acceptors (Lipinski definition) is 3. The molecule has 0 aliphatic carbocycles. The molecule has 2 aromatic carbocycles. The van der Waals surface area contributed by atoms with Gasteiger partial charge in [0.2, 0.25) is 0 Å². The first-order valence-electron chi connectivity index (χ1n) is 8.33. The van der Waals surface area contributed by atoms with E-state index in [9.17, 15) is 23.2 Å². The Labute approximate surface area is 179 Å². The van der Waals surface area contributed by atoms with E-state index in [1.807, 2.05) is 0 Å². The Bertz CT molecular complexity index is 1180. The molecule has 0 atom stereocenters. The molecule has 3 aromatic rings. The number of nitrogens with one attached hydrogen (secondary N) is 1. The third-order valence-electron chi connectivity index (χ3n) is 3.92. The maximum Gasteiger partial charge on any atom is 0.416 e. The van der Waals surface area contributed by atoms with Crippen molar-refractivity contribution in [1.82, 2.24) is 0 Å². The molecule has 0 radical (unpaired) electrons. The number of benzene rings is 2. The lowest BCUT2D eigenvalue weighted by Gasteiger charge is -2.09. The second-order valence-electron chi connectivity index (χ2n) is 6.03. The van der Waals surface area contributed by atoms with E-state index in [1.165, 1.54) is 18.2 Å². The Hall–Kier alpha value is -3.21. The van der Waals surface area contributed by atoms with Gasteiger partial charge in [-0.25, -0.2) is 0 Å². The molecule has 1 heterocycles. The van der Waals surface area contributed by atoms with Crippen LogP contribution in [0.25, 0.3) is 17.4 Å². The van der Waals surface area contributed by atoms with Crippen LogP contribution in [0.3, 0.4) is 0 Å². The molecule has 3 rings (SSSR count). The monoisotopic (exact) mass is 450 g/mol. The van der Waals surface area contributed by atoms with Crippen molar-refractivity contribution < 1.29 is 22.4 Å². The van der Waals surface area contributed by atoms with Crippen molar-refractivity contribution in [2.45, 2.75) is 6.18 Å². The Morgan fingerprint density at radius 3 is 2.57 bits per heavy atom. The zero-order valence-corrected chi connectivity index (χ0v) is 16.4. The Balaban J connectivity index is 1.83. The third-order valence-corrected chi connectivity index (χ3v) is 4.48. The van der Waals surface area contributed by atoms with Gasteiger partial charge in [-0.05, 0) is 48.5 Å². The van der Waals surface area contributed by atoms with Crippen LogP contribution < -0.4 is 5.32 Å². The molecule has 9 heteroatoms. The minimum atomic E-state index is -4.55. The van der Waals surface area contributed by atoms with Crippen molar-refractivity contribution >= 4 is 40.9 Å². The summed E-state index contributed by atoms with van der Waals surface area (Å²) in [6.45, 7) is 0. The van der Waals surface area contributed by atoms with E-state index in [0.717, 1.165) is 18.2 Å². The van der Waals surface area contributed by atoms with Gasteiger partial charge in [-0.15, -0.1) is 0 Å².